The normalized spacial score (nSPS) is 23.7. The van der Waals surface area contributed by atoms with Gasteiger partial charge in [-0.2, -0.15) is 23.1 Å². The Morgan fingerprint density at radius 1 is 1.09 bits per heavy atom. The van der Waals surface area contributed by atoms with Gasteiger partial charge < -0.3 is 15.4 Å². The number of fused-ring (bicyclic) bond motifs is 3. The van der Waals surface area contributed by atoms with Gasteiger partial charge in [-0.05, 0) is 57.9 Å². The van der Waals surface area contributed by atoms with Crippen LogP contribution < -0.4 is 15.4 Å². The minimum Gasteiger partial charge on any atom is -0.461 e. The zero-order valence-corrected chi connectivity index (χ0v) is 24.2. The van der Waals surface area contributed by atoms with Crippen LogP contribution in [0.15, 0.2) is 18.2 Å². The van der Waals surface area contributed by atoms with Gasteiger partial charge in [0.05, 0.1) is 21.3 Å². The first kappa shape index (κ1) is 28.4. The van der Waals surface area contributed by atoms with Gasteiger partial charge in [0, 0.05) is 41.6 Å². The number of alkyl halides is 4. The fourth-order valence-electron chi connectivity index (χ4n) is 6.85. The fourth-order valence-corrected chi connectivity index (χ4v) is 7.62. The highest BCUT2D eigenvalue weighted by molar-refractivity contribution is 7.22. The minimum absolute atomic E-state index is 0.0631. The van der Waals surface area contributed by atoms with E-state index in [1.807, 2.05) is 18.7 Å². The lowest BCUT2D eigenvalue weighted by Crippen LogP contribution is -2.56. The SMILES string of the molecule is CC1(C)CCN1c1nc(OC[C@@]23CCCN2C[C@H](F)C3)nc2c(F)c(-c3ccc(F)c4sc(N)nc34)c(C(F)(F)F)cc12. The van der Waals surface area contributed by atoms with Crippen LogP contribution in [0.1, 0.15) is 45.1 Å². The zero-order valence-electron chi connectivity index (χ0n) is 23.4. The smallest absolute Gasteiger partial charge is 0.417 e. The minimum atomic E-state index is -4.99. The van der Waals surface area contributed by atoms with E-state index >= 15 is 4.39 Å². The molecule has 4 aromatic rings. The number of nitrogens with zero attached hydrogens (tertiary/aromatic N) is 5. The molecule has 7 rings (SSSR count). The van der Waals surface area contributed by atoms with E-state index < -0.39 is 46.2 Å². The summed E-state index contributed by atoms with van der Waals surface area (Å²) in [6, 6.07) is 2.67. The monoisotopic (exact) mass is 622 g/mol. The second kappa shape index (κ2) is 9.55. The van der Waals surface area contributed by atoms with Crippen molar-refractivity contribution in [3.63, 3.8) is 0 Å². The van der Waals surface area contributed by atoms with E-state index in [0.29, 0.717) is 13.1 Å². The molecule has 5 heterocycles. The van der Waals surface area contributed by atoms with E-state index in [-0.39, 0.29) is 56.7 Å². The lowest BCUT2D eigenvalue weighted by atomic mass is 9.88. The average molecular weight is 623 g/mol. The number of rotatable bonds is 5. The molecule has 7 nitrogen and oxygen atoms in total. The Hall–Kier alpha value is -3.39. The Labute approximate surface area is 246 Å². The topological polar surface area (TPSA) is 80.4 Å². The Kier molecular flexibility index (Phi) is 6.31. The second-order valence-corrected chi connectivity index (χ2v) is 13.3. The molecule has 3 aliphatic heterocycles. The van der Waals surface area contributed by atoms with Crippen LogP contribution >= 0.6 is 11.3 Å². The second-order valence-electron chi connectivity index (χ2n) is 12.2. The van der Waals surface area contributed by atoms with Crippen molar-refractivity contribution in [1.29, 1.82) is 0 Å². The molecule has 0 unspecified atom stereocenters. The quantitative estimate of drug-likeness (QED) is 0.247. The Balaban J connectivity index is 1.44. The molecule has 0 spiro atoms. The zero-order chi connectivity index (χ0) is 30.5. The third-order valence-electron chi connectivity index (χ3n) is 9.14. The third-order valence-corrected chi connectivity index (χ3v) is 10.0. The molecule has 2 aromatic carbocycles. The first-order valence-corrected chi connectivity index (χ1v) is 14.8. The van der Waals surface area contributed by atoms with E-state index in [0.717, 1.165) is 55.3 Å². The first-order chi connectivity index (χ1) is 20.3. The molecule has 2 N–H and O–H groups in total. The number of nitrogen functional groups attached to an aromatic ring is 1. The molecule has 3 aliphatic rings. The van der Waals surface area contributed by atoms with E-state index in [4.69, 9.17) is 10.5 Å². The highest BCUT2D eigenvalue weighted by Gasteiger charge is 2.49. The van der Waals surface area contributed by atoms with Crippen LogP contribution in [-0.4, -0.2) is 63.3 Å². The van der Waals surface area contributed by atoms with Gasteiger partial charge in [-0.25, -0.2) is 18.2 Å². The van der Waals surface area contributed by atoms with Gasteiger partial charge in [0.1, 0.15) is 29.9 Å². The predicted octanol–water partition coefficient (Wildman–Crippen LogP) is 6.73. The molecule has 3 fully saturated rings. The van der Waals surface area contributed by atoms with Crippen molar-refractivity contribution >= 4 is 43.4 Å². The number of benzene rings is 2. The molecule has 0 saturated carbocycles. The van der Waals surface area contributed by atoms with Crippen molar-refractivity contribution < 1.29 is 31.1 Å². The molecule has 2 atom stereocenters. The number of anilines is 2. The van der Waals surface area contributed by atoms with Gasteiger partial charge in [0.25, 0.3) is 0 Å². The maximum atomic E-state index is 16.7. The average Bonchev–Trinajstić information content (AvgIpc) is 3.59. The summed E-state index contributed by atoms with van der Waals surface area (Å²) in [7, 11) is 0. The van der Waals surface area contributed by atoms with Crippen molar-refractivity contribution in [2.24, 2.45) is 0 Å². The summed E-state index contributed by atoms with van der Waals surface area (Å²) < 4.78 is 95.4. The van der Waals surface area contributed by atoms with Crippen LogP contribution in [0.5, 0.6) is 6.01 Å². The number of thiazole rings is 1. The molecule has 0 radical (unpaired) electrons. The van der Waals surface area contributed by atoms with Gasteiger partial charge >= 0.3 is 12.2 Å². The van der Waals surface area contributed by atoms with E-state index in [9.17, 15) is 22.0 Å². The number of hydrogen-bond acceptors (Lipinski definition) is 8. The largest absolute Gasteiger partial charge is 0.461 e. The van der Waals surface area contributed by atoms with Gasteiger partial charge in [-0.15, -0.1) is 0 Å². The Bertz CT molecular complexity index is 1780. The summed E-state index contributed by atoms with van der Waals surface area (Å²) in [5.41, 5.74) is 1.87. The fraction of sp³-hybridized carbons (Fsp3) is 0.483. The lowest BCUT2D eigenvalue weighted by Gasteiger charge is -2.49. The van der Waals surface area contributed by atoms with Gasteiger partial charge in [-0.1, -0.05) is 11.3 Å². The number of ether oxygens (including phenoxy) is 1. The van der Waals surface area contributed by atoms with Crippen LogP contribution in [0, 0.1) is 11.6 Å². The molecular formula is C29H28F6N6OS. The van der Waals surface area contributed by atoms with Gasteiger partial charge in [-0.3, -0.25) is 4.90 Å². The van der Waals surface area contributed by atoms with Crippen LogP contribution in [0.2, 0.25) is 0 Å². The predicted molar refractivity (Wildman–Crippen MR) is 152 cm³/mol. The summed E-state index contributed by atoms with van der Waals surface area (Å²) in [5, 5.41) is -0.200. The summed E-state index contributed by atoms with van der Waals surface area (Å²) in [4.78, 5) is 16.7. The van der Waals surface area contributed by atoms with Crippen molar-refractivity contribution in [2.45, 2.75) is 63.0 Å². The maximum Gasteiger partial charge on any atom is 0.417 e. The van der Waals surface area contributed by atoms with Crippen LogP contribution in [0.25, 0.3) is 32.2 Å². The van der Waals surface area contributed by atoms with Gasteiger partial charge in [0.15, 0.2) is 10.9 Å². The standard InChI is InChI=1S/C29H28F6N6OS/c1-27(2)7-9-41(27)24-16-10-17(29(33,34)35)19(15-4-5-18(31)23-22(15)37-25(36)43-23)20(32)21(16)38-26(39-24)42-13-28-6-3-8-40(28)12-14(30)11-28/h4-5,10,14H,3,6-9,11-13H2,1-2H3,(H2,36,37)/t14-,28+/m1/s1. The highest BCUT2D eigenvalue weighted by atomic mass is 32.1. The summed E-state index contributed by atoms with van der Waals surface area (Å²) in [6.45, 7) is 5.42. The Morgan fingerprint density at radius 2 is 1.88 bits per heavy atom. The summed E-state index contributed by atoms with van der Waals surface area (Å²) in [6.07, 6.45) is -3.34. The molecule has 0 aliphatic carbocycles. The number of aromatic nitrogens is 3. The van der Waals surface area contributed by atoms with Crippen LogP contribution in [0.4, 0.5) is 37.3 Å². The first-order valence-electron chi connectivity index (χ1n) is 14.0. The molecule has 3 saturated heterocycles. The number of halogens is 6. The molecular weight excluding hydrogens is 594 g/mol. The van der Waals surface area contributed by atoms with Crippen LogP contribution in [-0.2, 0) is 6.18 Å². The number of nitrogens with two attached hydrogens (primary N) is 1. The number of hydrogen-bond donors (Lipinski definition) is 1. The molecule has 0 amide bonds. The summed E-state index contributed by atoms with van der Waals surface area (Å²) >= 11 is 0.760. The van der Waals surface area contributed by atoms with E-state index in [1.54, 1.807) is 4.90 Å². The molecule has 43 heavy (non-hydrogen) atoms. The van der Waals surface area contributed by atoms with E-state index in [2.05, 4.69) is 15.0 Å². The Morgan fingerprint density at radius 3 is 2.58 bits per heavy atom. The maximum absolute atomic E-state index is 16.7. The third kappa shape index (κ3) is 4.47. The van der Waals surface area contributed by atoms with Crippen molar-refractivity contribution in [2.75, 3.05) is 36.9 Å². The van der Waals surface area contributed by atoms with Gasteiger partial charge in [0.2, 0.25) is 0 Å². The van der Waals surface area contributed by atoms with Crippen LogP contribution in [0.3, 0.4) is 0 Å². The summed E-state index contributed by atoms with van der Waals surface area (Å²) in [5.74, 6) is -1.88. The molecule has 0 bridgehead atoms. The molecule has 2 aromatic heterocycles. The molecule has 14 heteroatoms. The highest BCUT2D eigenvalue weighted by Crippen LogP contribution is 2.48. The van der Waals surface area contributed by atoms with Crippen molar-refractivity contribution in [1.82, 2.24) is 19.9 Å². The molecule has 228 valence electrons. The van der Waals surface area contributed by atoms with E-state index in [1.165, 1.54) is 0 Å². The van der Waals surface area contributed by atoms with Crippen molar-refractivity contribution in [3.8, 4) is 17.1 Å². The van der Waals surface area contributed by atoms with Crippen molar-refractivity contribution in [3.05, 3.63) is 35.4 Å². The lowest BCUT2D eigenvalue weighted by molar-refractivity contribution is -0.137.